The monoisotopic (exact) mass is 559 g/mol. The predicted octanol–water partition coefficient (Wildman–Crippen LogP) is 1.74. The fourth-order valence-electron chi connectivity index (χ4n) is 3.03. The molecule has 2 N–H and O–H groups in total. The molecular weight excluding hydrogens is 529 g/mol. The van der Waals surface area contributed by atoms with Crippen LogP contribution in [0.1, 0.15) is 26.7 Å². The van der Waals surface area contributed by atoms with E-state index in [-0.39, 0.29) is 52.4 Å². The van der Waals surface area contributed by atoms with E-state index in [9.17, 15) is 18.3 Å². The van der Waals surface area contributed by atoms with Crippen molar-refractivity contribution in [2.75, 3.05) is 38.5 Å². The summed E-state index contributed by atoms with van der Waals surface area (Å²) >= 11 is 1.14. The molecule has 1 atom stereocenters. The molecule has 1 saturated heterocycles. The highest BCUT2D eigenvalue weighted by molar-refractivity contribution is 14.0. The second-order valence-electron chi connectivity index (χ2n) is 6.58. The van der Waals surface area contributed by atoms with Crippen LogP contribution in [0.3, 0.4) is 0 Å². The van der Waals surface area contributed by atoms with Crippen molar-refractivity contribution in [2.24, 2.45) is 10.9 Å². The summed E-state index contributed by atoms with van der Waals surface area (Å²) in [7, 11) is -3.51. The molecule has 0 aliphatic carbocycles. The van der Waals surface area contributed by atoms with Crippen molar-refractivity contribution in [3.05, 3.63) is 17.5 Å². The van der Waals surface area contributed by atoms with Crippen molar-refractivity contribution in [2.45, 2.75) is 37.0 Å². The number of ether oxygens (including phenoxy) is 1. The smallest absolute Gasteiger partial charge is 0.309 e. The van der Waals surface area contributed by atoms with Crippen LogP contribution < -0.4 is 5.32 Å². The van der Waals surface area contributed by atoms with Gasteiger partial charge in [-0.25, -0.2) is 8.42 Å². The Morgan fingerprint density at radius 3 is 2.66 bits per heavy atom. The summed E-state index contributed by atoms with van der Waals surface area (Å²) < 4.78 is 29.9. The Labute approximate surface area is 193 Å². The number of rotatable bonds is 8. The van der Waals surface area contributed by atoms with Crippen LogP contribution in [0.25, 0.3) is 0 Å². The molecule has 1 aromatic rings. The number of aliphatic hydroxyl groups is 1. The van der Waals surface area contributed by atoms with Crippen molar-refractivity contribution in [1.82, 2.24) is 10.2 Å². The lowest BCUT2D eigenvalue weighted by Crippen LogP contribution is -2.47. The number of aliphatic hydroxyl groups excluding tert-OH is 1. The number of aliphatic imine (C=N–C) groups is 1. The van der Waals surface area contributed by atoms with Gasteiger partial charge >= 0.3 is 5.97 Å². The van der Waals surface area contributed by atoms with Gasteiger partial charge < -0.3 is 20.1 Å². The van der Waals surface area contributed by atoms with E-state index in [4.69, 9.17) is 4.74 Å². The Hall–Kier alpha value is -0.920. The molecule has 8 nitrogen and oxygen atoms in total. The number of carbonyl (C=O) groups is 1. The minimum atomic E-state index is -3.51. The molecule has 0 spiro atoms. The maximum absolute atomic E-state index is 12.3. The Bertz CT molecular complexity index is 748. The molecule has 1 fully saturated rings. The molecule has 2 rings (SSSR count). The third-order valence-electron chi connectivity index (χ3n) is 4.41. The average molecular weight is 559 g/mol. The van der Waals surface area contributed by atoms with Crippen LogP contribution in [0, 0.1) is 5.92 Å². The maximum Gasteiger partial charge on any atom is 0.309 e. The molecule has 2 heterocycles. The van der Waals surface area contributed by atoms with E-state index in [2.05, 4.69) is 10.3 Å². The number of halogens is 1. The van der Waals surface area contributed by atoms with E-state index < -0.39 is 15.9 Å². The summed E-state index contributed by atoms with van der Waals surface area (Å²) in [5.74, 6) is 0.0118. The number of hydrogen-bond acceptors (Lipinski definition) is 7. The second-order valence-corrected chi connectivity index (χ2v) is 9.78. The molecule has 1 aliphatic heterocycles. The lowest BCUT2D eigenvalue weighted by Gasteiger charge is -2.33. The second kappa shape index (κ2) is 12.7. The van der Waals surface area contributed by atoms with Crippen LogP contribution in [0.5, 0.6) is 0 Å². The van der Waals surface area contributed by atoms with Gasteiger partial charge in [-0.3, -0.25) is 9.79 Å². The first-order valence-corrected chi connectivity index (χ1v) is 12.0. The number of guanidine groups is 1. The van der Waals surface area contributed by atoms with Gasteiger partial charge in [-0.05, 0) is 38.1 Å². The van der Waals surface area contributed by atoms with Gasteiger partial charge in [-0.15, -0.1) is 35.3 Å². The first-order valence-electron chi connectivity index (χ1n) is 9.51. The topological polar surface area (TPSA) is 108 Å². The minimum Gasteiger partial charge on any atom is -0.466 e. The van der Waals surface area contributed by atoms with Crippen molar-refractivity contribution < 1.29 is 23.1 Å². The van der Waals surface area contributed by atoms with E-state index in [0.717, 1.165) is 11.3 Å². The molecule has 1 aliphatic rings. The van der Waals surface area contributed by atoms with Crippen LogP contribution in [-0.4, -0.2) is 75.0 Å². The minimum absolute atomic E-state index is 0. The number of nitrogens with zero attached hydrogens (tertiary/aromatic N) is 2. The van der Waals surface area contributed by atoms with Crippen LogP contribution in [0.15, 0.2) is 26.7 Å². The first-order chi connectivity index (χ1) is 13.4. The molecule has 0 radical (unpaired) electrons. The van der Waals surface area contributed by atoms with E-state index in [0.29, 0.717) is 45.0 Å². The average Bonchev–Trinajstić information content (AvgIpc) is 3.21. The van der Waals surface area contributed by atoms with Gasteiger partial charge in [0.25, 0.3) is 0 Å². The molecule has 11 heteroatoms. The van der Waals surface area contributed by atoms with Gasteiger partial charge in [0.2, 0.25) is 0 Å². The Kier molecular flexibility index (Phi) is 11.4. The van der Waals surface area contributed by atoms with Gasteiger partial charge in [-0.1, -0.05) is 6.07 Å². The normalized spacial score (nSPS) is 16.8. The number of hydrogen-bond donors (Lipinski definition) is 2. The zero-order valence-electron chi connectivity index (χ0n) is 16.7. The van der Waals surface area contributed by atoms with Crippen LogP contribution in [-0.2, 0) is 19.4 Å². The van der Waals surface area contributed by atoms with Crippen molar-refractivity contribution in [3.8, 4) is 0 Å². The lowest BCUT2D eigenvalue weighted by atomic mass is 9.97. The number of carbonyl (C=O) groups excluding carboxylic acids is 1. The molecule has 29 heavy (non-hydrogen) atoms. The molecule has 1 unspecified atom stereocenters. The summed E-state index contributed by atoms with van der Waals surface area (Å²) in [5, 5.41) is 15.0. The van der Waals surface area contributed by atoms with Crippen LogP contribution >= 0.6 is 35.3 Å². The number of thiophene rings is 1. The zero-order valence-corrected chi connectivity index (χ0v) is 20.7. The van der Waals surface area contributed by atoms with Gasteiger partial charge in [-0.2, -0.15) is 0 Å². The largest absolute Gasteiger partial charge is 0.466 e. The number of nitrogens with one attached hydrogen (secondary N) is 1. The molecule has 0 aromatic carbocycles. The Morgan fingerprint density at radius 2 is 2.10 bits per heavy atom. The molecule has 1 aromatic heterocycles. The van der Waals surface area contributed by atoms with Gasteiger partial charge in [0.1, 0.15) is 4.21 Å². The SMILES string of the molecule is CCNC(=NCC(O)CS(=O)(=O)c1cccs1)N1CCC(C(=O)OCC)CC1.I. The van der Waals surface area contributed by atoms with Crippen molar-refractivity contribution in [1.29, 1.82) is 0 Å². The maximum atomic E-state index is 12.3. The third kappa shape index (κ3) is 8.02. The number of sulfone groups is 1. The molecule has 166 valence electrons. The van der Waals surface area contributed by atoms with E-state index in [1.807, 2.05) is 11.8 Å². The summed E-state index contributed by atoms with van der Waals surface area (Å²) in [6.07, 6.45) is 0.273. The van der Waals surface area contributed by atoms with Crippen LogP contribution in [0.4, 0.5) is 0 Å². The molecule has 0 amide bonds. The molecule has 0 bridgehead atoms. The quantitative estimate of drug-likeness (QED) is 0.216. The van der Waals surface area contributed by atoms with Crippen LogP contribution in [0.2, 0.25) is 0 Å². The summed E-state index contributed by atoms with van der Waals surface area (Å²) in [6.45, 7) is 6.07. The zero-order chi connectivity index (χ0) is 20.6. The Morgan fingerprint density at radius 1 is 1.41 bits per heavy atom. The summed E-state index contributed by atoms with van der Waals surface area (Å²) in [4.78, 5) is 18.3. The van der Waals surface area contributed by atoms with E-state index in [1.54, 1.807) is 18.4 Å². The standard InChI is InChI=1S/C18H29N3O5S2.HI/c1-3-19-18(21-9-7-14(8-10-21)17(23)26-4-2)20-12-15(22)13-28(24,25)16-6-5-11-27-16;/h5-6,11,14-15,22H,3-4,7-10,12-13H2,1-2H3,(H,19,20);1H. The number of likely N-dealkylation sites (tertiary alicyclic amines) is 1. The lowest BCUT2D eigenvalue weighted by molar-refractivity contribution is -0.149. The van der Waals surface area contributed by atoms with Crippen molar-refractivity contribution in [3.63, 3.8) is 0 Å². The van der Waals surface area contributed by atoms with Gasteiger partial charge in [0.15, 0.2) is 15.8 Å². The predicted molar refractivity (Wildman–Crippen MR) is 125 cm³/mol. The Balaban J connectivity index is 0.00000420. The van der Waals surface area contributed by atoms with Gasteiger partial charge in [0.05, 0.1) is 30.9 Å². The third-order valence-corrected chi connectivity index (χ3v) is 7.70. The highest BCUT2D eigenvalue weighted by Crippen LogP contribution is 2.20. The highest BCUT2D eigenvalue weighted by Gasteiger charge is 2.27. The highest BCUT2D eigenvalue weighted by atomic mass is 127. The van der Waals surface area contributed by atoms with Crippen molar-refractivity contribution >= 4 is 57.1 Å². The number of piperidine rings is 1. The summed E-state index contributed by atoms with van der Waals surface area (Å²) in [6, 6.07) is 3.21. The first kappa shape index (κ1) is 26.1. The number of esters is 1. The molecular formula is C18H30IN3O5S2. The molecule has 0 saturated carbocycles. The van der Waals surface area contributed by atoms with E-state index in [1.165, 1.54) is 6.07 Å². The van der Waals surface area contributed by atoms with Gasteiger partial charge in [0, 0.05) is 19.6 Å². The summed E-state index contributed by atoms with van der Waals surface area (Å²) in [5.41, 5.74) is 0. The van der Waals surface area contributed by atoms with E-state index >= 15 is 0 Å². The fraction of sp³-hybridized carbons (Fsp3) is 0.667. The fourth-order valence-corrected chi connectivity index (χ4v) is 5.50.